The summed E-state index contributed by atoms with van der Waals surface area (Å²) in [5.41, 5.74) is 2.40. The van der Waals surface area contributed by atoms with E-state index in [1.807, 2.05) is 24.3 Å². The summed E-state index contributed by atoms with van der Waals surface area (Å²) in [7, 11) is 1.58. The number of aromatic amines is 1. The Hall–Kier alpha value is -3.25. The van der Waals surface area contributed by atoms with Gasteiger partial charge < -0.3 is 19.8 Å². The quantitative estimate of drug-likeness (QED) is 0.447. The van der Waals surface area contributed by atoms with Crippen molar-refractivity contribution in [3.05, 3.63) is 70.4 Å². The summed E-state index contributed by atoms with van der Waals surface area (Å²) < 4.78 is 10.4. The van der Waals surface area contributed by atoms with E-state index in [9.17, 15) is 9.59 Å². The van der Waals surface area contributed by atoms with Gasteiger partial charge in [-0.1, -0.05) is 35.9 Å². The van der Waals surface area contributed by atoms with E-state index in [1.54, 1.807) is 38.3 Å². The van der Waals surface area contributed by atoms with Gasteiger partial charge in [-0.25, -0.2) is 4.79 Å². The van der Waals surface area contributed by atoms with E-state index in [2.05, 4.69) is 10.3 Å². The van der Waals surface area contributed by atoms with Crippen molar-refractivity contribution in [2.75, 3.05) is 13.7 Å². The number of rotatable bonds is 7. The highest BCUT2D eigenvalue weighted by molar-refractivity contribution is 6.31. The van der Waals surface area contributed by atoms with Crippen LogP contribution in [0.25, 0.3) is 17.0 Å². The molecule has 0 saturated heterocycles. The molecular weight excluding hydrogens is 392 g/mol. The number of ether oxygens (including phenoxy) is 2. The van der Waals surface area contributed by atoms with Crippen molar-refractivity contribution < 1.29 is 19.1 Å². The summed E-state index contributed by atoms with van der Waals surface area (Å²) in [6.07, 6.45) is 2.98. The fourth-order valence-electron chi connectivity index (χ4n) is 2.98. The van der Waals surface area contributed by atoms with Crippen LogP contribution in [0, 0.1) is 0 Å². The van der Waals surface area contributed by atoms with Gasteiger partial charge in [-0.3, -0.25) is 4.79 Å². The topological polar surface area (TPSA) is 80.4 Å². The van der Waals surface area contributed by atoms with E-state index in [-0.39, 0.29) is 18.2 Å². The summed E-state index contributed by atoms with van der Waals surface area (Å²) >= 11 is 6.04. The number of aromatic nitrogens is 1. The molecule has 0 bridgehead atoms. The minimum absolute atomic E-state index is 0.248. The molecule has 2 aromatic carbocycles. The monoisotopic (exact) mass is 412 g/mol. The van der Waals surface area contributed by atoms with Gasteiger partial charge in [0.05, 0.1) is 13.7 Å². The summed E-state index contributed by atoms with van der Waals surface area (Å²) in [6, 6.07) is 12.7. The SMILES string of the molecule is CCOC(=O)c1[nH]c2cc(Cl)ccc2c1C=CC(=O)NCc1ccccc1OC. The van der Waals surface area contributed by atoms with Crippen molar-refractivity contribution in [3.8, 4) is 5.75 Å². The van der Waals surface area contributed by atoms with Gasteiger partial charge in [0.15, 0.2) is 0 Å². The molecule has 0 aliphatic carbocycles. The second kappa shape index (κ2) is 9.30. The standard InChI is InChI=1S/C22H21ClN2O4/c1-3-29-22(27)21-17(16-9-8-15(23)12-18(16)25-21)10-11-20(26)24-13-14-6-4-5-7-19(14)28-2/h4-12,25H,3,13H2,1-2H3,(H,24,26). The van der Waals surface area contributed by atoms with Crippen LogP contribution < -0.4 is 10.1 Å². The minimum atomic E-state index is -0.492. The zero-order chi connectivity index (χ0) is 20.8. The summed E-state index contributed by atoms with van der Waals surface area (Å²) in [5, 5.41) is 4.12. The maximum absolute atomic E-state index is 12.3. The molecule has 29 heavy (non-hydrogen) atoms. The second-order valence-corrected chi connectivity index (χ2v) is 6.62. The lowest BCUT2D eigenvalue weighted by atomic mass is 10.1. The molecule has 3 rings (SSSR count). The lowest BCUT2D eigenvalue weighted by Gasteiger charge is -2.08. The molecule has 1 heterocycles. The van der Waals surface area contributed by atoms with Crippen LogP contribution in [-0.2, 0) is 16.1 Å². The number of esters is 1. The third-order valence-electron chi connectivity index (χ3n) is 4.33. The molecule has 7 heteroatoms. The van der Waals surface area contributed by atoms with Crippen molar-refractivity contribution in [1.82, 2.24) is 10.3 Å². The van der Waals surface area contributed by atoms with Crippen molar-refractivity contribution in [2.45, 2.75) is 13.5 Å². The maximum atomic E-state index is 12.3. The Morgan fingerprint density at radius 2 is 2.00 bits per heavy atom. The smallest absolute Gasteiger partial charge is 0.355 e. The number of fused-ring (bicyclic) bond motifs is 1. The van der Waals surface area contributed by atoms with Crippen LogP contribution in [0.4, 0.5) is 0 Å². The van der Waals surface area contributed by atoms with Crippen molar-refractivity contribution in [3.63, 3.8) is 0 Å². The molecule has 0 radical (unpaired) electrons. The summed E-state index contributed by atoms with van der Waals surface area (Å²) in [5.74, 6) is -0.0854. The summed E-state index contributed by atoms with van der Waals surface area (Å²) in [4.78, 5) is 27.7. The van der Waals surface area contributed by atoms with Gasteiger partial charge in [-0.05, 0) is 31.2 Å². The van der Waals surface area contributed by atoms with Gasteiger partial charge in [0.1, 0.15) is 11.4 Å². The molecular formula is C22H21ClN2O4. The van der Waals surface area contributed by atoms with Crippen molar-refractivity contribution in [1.29, 1.82) is 0 Å². The second-order valence-electron chi connectivity index (χ2n) is 6.19. The zero-order valence-electron chi connectivity index (χ0n) is 16.1. The molecule has 0 aliphatic heterocycles. The van der Waals surface area contributed by atoms with Gasteiger partial charge in [-0.2, -0.15) is 0 Å². The van der Waals surface area contributed by atoms with E-state index in [1.165, 1.54) is 6.08 Å². The molecule has 0 atom stereocenters. The fourth-order valence-corrected chi connectivity index (χ4v) is 3.15. The Balaban J connectivity index is 1.82. The molecule has 0 fully saturated rings. The van der Waals surface area contributed by atoms with Gasteiger partial charge >= 0.3 is 5.97 Å². The Kier molecular flexibility index (Phi) is 6.57. The highest BCUT2D eigenvalue weighted by atomic mass is 35.5. The van der Waals surface area contributed by atoms with Crippen LogP contribution in [-0.4, -0.2) is 30.6 Å². The lowest BCUT2D eigenvalue weighted by molar-refractivity contribution is -0.116. The average molecular weight is 413 g/mol. The number of hydrogen-bond acceptors (Lipinski definition) is 4. The number of amides is 1. The maximum Gasteiger partial charge on any atom is 0.355 e. The highest BCUT2D eigenvalue weighted by Gasteiger charge is 2.17. The third-order valence-corrected chi connectivity index (χ3v) is 4.56. The third kappa shape index (κ3) is 4.78. The first-order valence-electron chi connectivity index (χ1n) is 9.09. The molecule has 0 saturated carbocycles. The lowest BCUT2D eigenvalue weighted by Crippen LogP contribution is -2.20. The van der Waals surface area contributed by atoms with E-state index in [0.717, 1.165) is 10.9 Å². The number of benzene rings is 2. The number of carbonyl (C=O) groups is 2. The van der Waals surface area contributed by atoms with Gasteiger partial charge in [-0.15, -0.1) is 0 Å². The first-order chi connectivity index (χ1) is 14.0. The molecule has 0 aliphatic rings. The van der Waals surface area contributed by atoms with Crippen LogP contribution in [0.3, 0.4) is 0 Å². The number of H-pyrrole nitrogens is 1. The number of halogens is 1. The number of nitrogens with one attached hydrogen (secondary N) is 2. The first-order valence-corrected chi connectivity index (χ1v) is 9.47. The fraction of sp³-hybridized carbons (Fsp3) is 0.182. The highest BCUT2D eigenvalue weighted by Crippen LogP contribution is 2.27. The number of para-hydroxylation sites is 1. The average Bonchev–Trinajstić information content (AvgIpc) is 3.08. The van der Waals surface area contributed by atoms with E-state index >= 15 is 0 Å². The van der Waals surface area contributed by atoms with Crippen molar-refractivity contribution >= 4 is 40.5 Å². The largest absolute Gasteiger partial charge is 0.496 e. The molecule has 2 N–H and O–H groups in total. The summed E-state index contributed by atoms with van der Waals surface area (Å²) in [6.45, 7) is 2.30. The van der Waals surface area contributed by atoms with Gasteiger partial charge in [0.2, 0.25) is 5.91 Å². The Bertz CT molecular complexity index is 1070. The van der Waals surface area contributed by atoms with Gasteiger partial charge in [0.25, 0.3) is 0 Å². The number of carbonyl (C=O) groups excluding carboxylic acids is 2. The van der Waals surface area contributed by atoms with Crippen LogP contribution >= 0.6 is 11.6 Å². The first kappa shape index (κ1) is 20.5. The van der Waals surface area contributed by atoms with E-state index in [0.29, 0.717) is 28.4 Å². The Morgan fingerprint density at radius 3 is 2.76 bits per heavy atom. The molecule has 150 valence electrons. The molecule has 1 aromatic heterocycles. The zero-order valence-corrected chi connectivity index (χ0v) is 16.9. The van der Waals surface area contributed by atoms with E-state index < -0.39 is 5.97 Å². The Morgan fingerprint density at radius 1 is 1.21 bits per heavy atom. The molecule has 0 unspecified atom stereocenters. The van der Waals surface area contributed by atoms with Crippen LogP contribution in [0.2, 0.25) is 5.02 Å². The predicted octanol–water partition coefficient (Wildman–Crippen LogP) is 4.34. The van der Waals surface area contributed by atoms with E-state index in [4.69, 9.17) is 21.1 Å². The Labute approximate surface area is 173 Å². The van der Waals surface area contributed by atoms with Crippen LogP contribution in [0.5, 0.6) is 5.75 Å². The normalized spacial score (nSPS) is 11.0. The number of hydrogen-bond donors (Lipinski definition) is 2. The van der Waals surface area contributed by atoms with Gasteiger partial charge in [0, 0.05) is 39.7 Å². The van der Waals surface area contributed by atoms with Crippen LogP contribution in [0.1, 0.15) is 28.5 Å². The predicted molar refractivity (Wildman–Crippen MR) is 113 cm³/mol. The molecule has 1 amide bonds. The van der Waals surface area contributed by atoms with Crippen molar-refractivity contribution in [2.24, 2.45) is 0 Å². The molecule has 3 aromatic rings. The molecule has 0 spiro atoms. The van der Waals surface area contributed by atoms with Crippen LogP contribution in [0.15, 0.2) is 48.5 Å². The molecule has 6 nitrogen and oxygen atoms in total. The number of methoxy groups -OCH3 is 1. The minimum Gasteiger partial charge on any atom is -0.496 e.